The van der Waals surface area contributed by atoms with Gasteiger partial charge in [0.1, 0.15) is 0 Å². The Balaban J connectivity index is 2.48. The minimum absolute atomic E-state index is 0.147. The van der Waals surface area contributed by atoms with Crippen molar-refractivity contribution in [3.05, 3.63) is 29.8 Å². The molecule has 0 aliphatic rings. The third-order valence-corrected chi connectivity index (χ3v) is 4.33. The van der Waals surface area contributed by atoms with E-state index in [1.807, 2.05) is 19.0 Å². The molecule has 120 valence electrons. The van der Waals surface area contributed by atoms with Crippen molar-refractivity contribution in [3.63, 3.8) is 0 Å². The number of sulfonamides is 1. The molecule has 21 heavy (non-hydrogen) atoms. The average molecular weight is 316 g/mol. The average Bonchev–Trinajstić information content (AvgIpc) is 2.42. The molecule has 2 N–H and O–H groups in total. The highest BCUT2D eigenvalue weighted by Gasteiger charge is 2.14. The smallest absolute Gasteiger partial charge is 0.240 e. The summed E-state index contributed by atoms with van der Waals surface area (Å²) in [6.07, 6.45) is -0.700. The zero-order valence-corrected chi connectivity index (χ0v) is 13.6. The van der Waals surface area contributed by atoms with E-state index in [4.69, 9.17) is 4.74 Å². The van der Waals surface area contributed by atoms with Gasteiger partial charge in [-0.15, -0.1) is 0 Å². The van der Waals surface area contributed by atoms with Crippen LogP contribution in [0.4, 0.5) is 0 Å². The predicted molar refractivity (Wildman–Crippen MR) is 81.6 cm³/mol. The van der Waals surface area contributed by atoms with Gasteiger partial charge >= 0.3 is 0 Å². The van der Waals surface area contributed by atoms with E-state index in [1.165, 1.54) is 12.1 Å². The van der Waals surface area contributed by atoms with Crippen molar-refractivity contribution in [3.8, 4) is 0 Å². The van der Waals surface area contributed by atoms with Crippen molar-refractivity contribution in [2.45, 2.75) is 17.9 Å². The molecule has 7 heteroatoms. The molecule has 0 aromatic heterocycles. The summed E-state index contributed by atoms with van der Waals surface area (Å²) in [5.74, 6) is 0. The lowest BCUT2D eigenvalue weighted by Gasteiger charge is -2.11. The molecule has 0 bridgehead atoms. The van der Waals surface area contributed by atoms with Gasteiger partial charge in [-0.3, -0.25) is 0 Å². The number of likely N-dealkylation sites (N-methyl/N-ethyl adjacent to an activating group) is 1. The molecule has 0 spiro atoms. The molecule has 0 saturated carbocycles. The molecule has 0 fully saturated rings. The van der Waals surface area contributed by atoms with Crippen LogP contribution in [0.2, 0.25) is 0 Å². The van der Waals surface area contributed by atoms with Gasteiger partial charge in [-0.25, -0.2) is 13.1 Å². The molecule has 0 radical (unpaired) electrons. The van der Waals surface area contributed by atoms with Crippen molar-refractivity contribution in [2.24, 2.45) is 0 Å². The zero-order chi connectivity index (χ0) is 15.9. The highest BCUT2D eigenvalue weighted by atomic mass is 32.2. The van der Waals surface area contributed by atoms with Gasteiger partial charge in [0.25, 0.3) is 0 Å². The largest absolute Gasteiger partial charge is 0.389 e. The van der Waals surface area contributed by atoms with Crippen LogP contribution in [0.25, 0.3) is 0 Å². The van der Waals surface area contributed by atoms with Gasteiger partial charge in [-0.2, -0.15) is 0 Å². The van der Waals surface area contributed by atoms with E-state index in [2.05, 4.69) is 4.72 Å². The maximum Gasteiger partial charge on any atom is 0.240 e. The first-order valence-electron chi connectivity index (χ1n) is 6.83. The highest BCUT2D eigenvalue weighted by molar-refractivity contribution is 7.89. The topological polar surface area (TPSA) is 78.9 Å². The fourth-order valence-electron chi connectivity index (χ4n) is 1.62. The number of aliphatic hydroxyl groups is 1. The number of hydrogen-bond acceptors (Lipinski definition) is 5. The monoisotopic (exact) mass is 316 g/mol. The molecule has 0 saturated heterocycles. The van der Waals surface area contributed by atoms with Gasteiger partial charge in [0, 0.05) is 13.1 Å². The maximum absolute atomic E-state index is 12.1. The lowest BCUT2D eigenvalue weighted by Crippen LogP contribution is -2.28. The van der Waals surface area contributed by atoms with Gasteiger partial charge in [-0.1, -0.05) is 12.1 Å². The fraction of sp³-hybridized carbons (Fsp3) is 0.571. The molecule has 1 atom stereocenters. The van der Waals surface area contributed by atoms with E-state index in [1.54, 1.807) is 19.1 Å². The number of hydrogen-bond donors (Lipinski definition) is 2. The Morgan fingerprint density at radius 3 is 2.67 bits per heavy atom. The molecule has 0 amide bonds. The van der Waals surface area contributed by atoms with E-state index in [0.717, 1.165) is 6.54 Å². The summed E-state index contributed by atoms with van der Waals surface area (Å²) in [5, 5.41) is 9.49. The van der Waals surface area contributed by atoms with Crippen LogP contribution >= 0.6 is 0 Å². The number of benzene rings is 1. The summed E-state index contributed by atoms with van der Waals surface area (Å²) < 4.78 is 32.0. The number of nitrogens with zero attached hydrogens (tertiary/aromatic N) is 1. The first-order valence-corrected chi connectivity index (χ1v) is 8.31. The minimum Gasteiger partial charge on any atom is -0.389 e. The normalized spacial score (nSPS) is 13.6. The number of nitrogens with one attached hydrogen (secondary N) is 1. The third kappa shape index (κ3) is 6.54. The Hall–Kier alpha value is -0.990. The van der Waals surface area contributed by atoms with Crippen molar-refractivity contribution in [1.29, 1.82) is 0 Å². The fourth-order valence-corrected chi connectivity index (χ4v) is 2.69. The third-order valence-electron chi connectivity index (χ3n) is 2.87. The van der Waals surface area contributed by atoms with E-state index in [0.29, 0.717) is 18.8 Å². The van der Waals surface area contributed by atoms with Crippen molar-refractivity contribution < 1.29 is 18.3 Å². The maximum atomic E-state index is 12.1. The summed E-state index contributed by atoms with van der Waals surface area (Å²) in [4.78, 5) is 2.14. The Labute approximate surface area is 126 Å². The van der Waals surface area contributed by atoms with Crippen LogP contribution in [0.15, 0.2) is 29.2 Å². The highest BCUT2D eigenvalue weighted by Crippen LogP contribution is 2.16. The van der Waals surface area contributed by atoms with E-state index in [-0.39, 0.29) is 11.4 Å². The second-order valence-corrected chi connectivity index (χ2v) is 6.83. The van der Waals surface area contributed by atoms with E-state index >= 15 is 0 Å². The second-order valence-electron chi connectivity index (χ2n) is 5.06. The molecule has 0 heterocycles. The van der Waals surface area contributed by atoms with E-state index < -0.39 is 16.1 Å². The Morgan fingerprint density at radius 1 is 1.33 bits per heavy atom. The number of ether oxygens (including phenoxy) is 1. The molecule has 6 nitrogen and oxygen atoms in total. The standard InChI is InChI=1S/C14H24N2O4S/c1-12(17)13-5-4-6-14(11-13)21(18,19)15-7-9-20-10-8-16(2)3/h4-6,11-12,15,17H,7-10H2,1-3H3. The van der Waals surface area contributed by atoms with Crippen molar-refractivity contribution >= 4 is 10.0 Å². The van der Waals surface area contributed by atoms with Gasteiger partial charge < -0.3 is 14.7 Å². The molecule has 1 unspecified atom stereocenters. The van der Waals surface area contributed by atoms with Gasteiger partial charge in [0.15, 0.2) is 0 Å². The summed E-state index contributed by atoms with van der Waals surface area (Å²) in [5.41, 5.74) is 0.570. The summed E-state index contributed by atoms with van der Waals surface area (Å²) in [7, 11) is 0.320. The van der Waals surface area contributed by atoms with Crippen LogP contribution in [-0.4, -0.2) is 58.8 Å². The molecule has 1 aromatic rings. The van der Waals surface area contributed by atoms with Crippen LogP contribution in [0.3, 0.4) is 0 Å². The second kappa shape index (κ2) is 8.45. The summed E-state index contributed by atoms with van der Waals surface area (Å²) >= 11 is 0. The molecule has 1 aromatic carbocycles. The Bertz CT molecular complexity index is 530. The molecular weight excluding hydrogens is 292 g/mol. The Morgan fingerprint density at radius 2 is 2.05 bits per heavy atom. The van der Waals surface area contributed by atoms with Crippen molar-refractivity contribution in [2.75, 3.05) is 40.4 Å². The Kier molecular flexibility index (Phi) is 7.27. The lowest BCUT2D eigenvalue weighted by atomic mass is 10.1. The number of rotatable bonds is 9. The molecular formula is C14H24N2O4S. The molecule has 0 aliphatic heterocycles. The first kappa shape index (κ1) is 18.1. The predicted octanol–water partition coefficient (Wildman–Crippen LogP) is 0.596. The van der Waals surface area contributed by atoms with Gasteiger partial charge in [0.2, 0.25) is 10.0 Å². The van der Waals surface area contributed by atoms with Crippen LogP contribution in [0, 0.1) is 0 Å². The minimum atomic E-state index is -3.57. The van der Waals surface area contributed by atoms with Gasteiger partial charge in [-0.05, 0) is 38.7 Å². The summed E-state index contributed by atoms with van der Waals surface area (Å²) in [6.45, 7) is 3.49. The van der Waals surface area contributed by atoms with Gasteiger partial charge in [0.05, 0.1) is 24.2 Å². The zero-order valence-electron chi connectivity index (χ0n) is 12.7. The van der Waals surface area contributed by atoms with Crippen molar-refractivity contribution in [1.82, 2.24) is 9.62 Å². The van der Waals surface area contributed by atoms with Crippen LogP contribution < -0.4 is 4.72 Å². The first-order chi connectivity index (χ1) is 9.83. The quantitative estimate of drug-likeness (QED) is 0.652. The van der Waals surface area contributed by atoms with Crippen LogP contribution in [0.5, 0.6) is 0 Å². The lowest BCUT2D eigenvalue weighted by molar-refractivity contribution is 0.122. The van der Waals surface area contributed by atoms with Crippen LogP contribution in [0.1, 0.15) is 18.6 Å². The number of aliphatic hydroxyl groups excluding tert-OH is 1. The SMILES string of the molecule is CC(O)c1cccc(S(=O)(=O)NCCOCCN(C)C)c1. The summed E-state index contributed by atoms with van der Waals surface area (Å²) in [6, 6.07) is 6.28. The molecule has 1 rings (SSSR count). The van der Waals surface area contributed by atoms with E-state index in [9.17, 15) is 13.5 Å². The molecule has 0 aliphatic carbocycles. The van der Waals surface area contributed by atoms with Crippen LogP contribution in [-0.2, 0) is 14.8 Å².